The van der Waals surface area contributed by atoms with Crippen LogP contribution in [0.3, 0.4) is 0 Å². The molecule has 19 heavy (non-hydrogen) atoms. The molecule has 0 saturated carbocycles. The standard InChI is InChI=1S/C12H12S.C4H9NO/c1-8-5-9(2)12-7-11(13)4-3-10(12)6-8;1-3-6-4-2-5-1/h3-7,13H,1-2H3;5H,1-4H2. The van der Waals surface area contributed by atoms with Crippen LogP contribution in [0.5, 0.6) is 0 Å². The molecule has 0 bridgehead atoms. The van der Waals surface area contributed by atoms with Crippen molar-refractivity contribution in [2.45, 2.75) is 18.7 Å². The summed E-state index contributed by atoms with van der Waals surface area (Å²) >= 11 is 4.33. The maximum atomic E-state index is 5.01. The first-order chi connectivity index (χ1) is 9.16. The highest BCUT2D eigenvalue weighted by Gasteiger charge is 1.98. The molecule has 102 valence electrons. The first kappa shape index (κ1) is 14.4. The van der Waals surface area contributed by atoms with Gasteiger partial charge >= 0.3 is 0 Å². The lowest BCUT2D eigenvalue weighted by Crippen LogP contribution is -2.30. The fourth-order valence-corrected chi connectivity index (χ4v) is 2.44. The van der Waals surface area contributed by atoms with Gasteiger partial charge in [0.2, 0.25) is 0 Å². The van der Waals surface area contributed by atoms with Gasteiger partial charge in [0.25, 0.3) is 0 Å². The quantitative estimate of drug-likeness (QED) is 0.720. The molecule has 1 heterocycles. The summed E-state index contributed by atoms with van der Waals surface area (Å²) in [5, 5.41) is 5.76. The minimum Gasteiger partial charge on any atom is -0.379 e. The topological polar surface area (TPSA) is 21.3 Å². The molecule has 3 heteroatoms. The van der Waals surface area contributed by atoms with Gasteiger partial charge in [0.05, 0.1) is 13.2 Å². The second-order valence-corrected chi connectivity index (χ2v) is 5.37. The molecule has 0 aliphatic carbocycles. The zero-order valence-electron chi connectivity index (χ0n) is 11.6. The highest BCUT2D eigenvalue weighted by atomic mass is 32.1. The van der Waals surface area contributed by atoms with E-state index < -0.39 is 0 Å². The van der Waals surface area contributed by atoms with E-state index in [1.54, 1.807) is 0 Å². The van der Waals surface area contributed by atoms with Crippen LogP contribution in [0.1, 0.15) is 11.1 Å². The van der Waals surface area contributed by atoms with Crippen molar-refractivity contribution in [3.05, 3.63) is 41.5 Å². The third kappa shape index (κ3) is 4.23. The van der Waals surface area contributed by atoms with Crippen molar-refractivity contribution in [3.63, 3.8) is 0 Å². The number of benzene rings is 2. The molecule has 0 atom stereocenters. The van der Waals surface area contributed by atoms with E-state index in [-0.39, 0.29) is 0 Å². The lowest BCUT2D eigenvalue weighted by Gasteiger charge is -2.10. The summed E-state index contributed by atoms with van der Waals surface area (Å²) in [6, 6.07) is 10.7. The van der Waals surface area contributed by atoms with E-state index in [9.17, 15) is 0 Å². The van der Waals surface area contributed by atoms with Crippen LogP contribution in [0.2, 0.25) is 0 Å². The Hall–Kier alpha value is -1.03. The number of ether oxygens (including phenoxy) is 1. The van der Waals surface area contributed by atoms with E-state index in [0.29, 0.717) is 0 Å². The Morgan fingerprint density at radius 1 is 1.05 bits per heavy atom. The average molecular weight is 275 g/mol. The van der Waals surface area contributed by atoms with E-state index >= 15 is 0 Å². The molecule has 0 unspecified atom stereocenters. The van der Waals surface area contributed by atoms with Crippen molar-refractivity contribution in [1.82, 2.24) is 5.32 Å². The predicted octanol–water partition coefficient (Wildman–Crippen LogP) is 3.35. The van der Waals surface area contributed by atoms with Crippen LogP contribution in [-0.2, 0) is 4.74 Å². The number of hydrogen-bond donors (Lipinski definition) is 2. The van der Waals surface area contributed by atoms with Gasteiger partial charge in [-0.15, -0.1) is 12.6 Å². The molecule has 1 saturated heterocycles. The van der Waals surface area contributed by atoms with Crippen LogP contribution in [0, 0.1) is 13.8 Å². The monoisotopic (exact) mass is 275 g/mol. The molecule has 0 radical (unpaired) electrons. The van der Waals surface area contributed by atoms with Gasteiger partial charge in [0, 0.05) is 18.0 Å². The normalized spacial score (nSPS) is 14.9. The van der Waals surface area contributed by atoms with Crippen molar-refractivity contribution < 1.29 is 4.74 Å². The maximum absolute atomic E-state index is 5.01. The second kappa shape index (κ2) is 6.94. The number of thiol groups is 1. The summed E-state index contributed by atoms with van der Waals surface area (Å²) in [5.74, 6) is 0. The number of morpholine rings is 1. The lowest BCUT2D eigenvalue weighted by atomic mass is 10.0. The Balaban J connectivity index is 0.000000186. The molecule has 2 aromatic rings. The Morgan fingerprint density at radius 2 is 1.79 bits per heavy atom. The molecule has 1 aliphatic rings. The molecular weight excluding hydrogens is 254 g/mol. The number of hydrogen-bond acceptors (Lipinski definition) is 3. The molecule has 2 aromatic carbocycles. The first-order valence-electron chi connectivity index (χ1n) is 6.65. The van der Waals surface area contributed by atoms with E-state index in [2.05, 4.69) is 56.1 Å². The van der Waals surface area contributed by atoms with Gasteiger partial charge in [0.1, 0.15) is 0 Å². The van der Waals surface area contributed by atoms with Crippen LogP contribution in [0.4, 0.5) is 0 Å². The zero-order chi connectivity index (χ0) is 13.7. The Labute approximate surface area is 120 Å². The first-order valence-corrected chi connectivity index (χ1v) is 7.10. The average Bonchev–Trinajstić information content (AvgIpc) is 2.42. The van der Waals surface area contributed by atoms with Gasteiger partial charge in [-0.25, -0.2) is 0 Å². The van der Waals surface area contributed by atoms with Crippen LogP contribution in [0.25, 0.3) is 10.8 Å². The molecule has 3 rings (SSSR count). The van der Waals surface area contributed by atoms with E-state index in [0.717, 1.165) is 31.2 Å². The fourth-order valence-electron chi connectivity index (χ4n) is 2.23. The summed E-state index contributed by atoms with van der Waals surface area (Å²) in [7, 11) is 0. The van der Waals surface area contributed by atoms with Gasteiger partial charge in [-0.1, -0.05) is 23.8 Å². The summed E-state index contributed by atoms with van der Waals surface area (Å²) in [4.78, 5) is 1.03. The lowest BCUT2D eigenvalue weighted by molar-refractivity contribution is 0.109. The molecule has 1 N–H and O–H groups in total. The van der Waals surface area contributed by atoms with Crippen molar-refractivity contribution in [1.29, 1.82) is 0 Å². The summed E-state index contributed by atoms with van der Waals surface area (Å²) < 4.78 is 5.01. The maximum Gasteiger partial charge on any atom is 0.0591 e. The fraction of sp³-hybridized carbons (Fsp3) is 0.375. The van der Waals surface area contributed by atoms with Crippen molar-refractivity contribution >= 4 is 23.4 Å². The Kier molecular flexibility index (Phi) is 5.25. The molecule has 0 amide bonds. The van der Waals surface area contributed by atoms with Crippen LogP contribution in [-0.4, -0.2) is 26.3 Å². The molecule has 0 aromatic heterocycles. The Morgan fingerprint density at radius 3 is 2.37 bits per heavy atom. The summed E-state index contributed by atoms with van der Waals surface area (Å²) in [6.07, 6.45) is 0. The van der Waals surface area contributed by atoms with Crippen LogP contribution >= 0.6 is 12.6 Å². The molecule has 1 fully saturated rings. The SMILES string of the molecule is C1COCCN1.Cc1cc(C)c2cc(S)ccc2c1. The second-order valence-electron chi connectivity index (χ2n) is 4.85. The number of rotatable bonds is 0. The van der Waals surface area contributed by atoms with Crippen molar-refractivity contribution in [2.24, 2.45) is 0 Å². The molecule has 2 nitrogen and oxygen atoms in total. The van der Waals surface area contributed by atoms with E-state index in [1.807, 2.05) is 6.07 Å². The highest BCUT2D eigenvalue weighted by Crippen LogP contribution is 2.22. The van der Waals surface area contributed by atoms with Crippen molar-refractivity contribution in [2.75, 3.05) is 26.3 Å². The van der Waals surface area contributed by atoms with E-state index in [1.165, 1.54) is 21.9 Å². The third-order valence-electron chi connectivity index (χ3n) is 3.14. The van der Waals surface area contributed by atoms with Gasteiger partial charge in [-0.3, -0.25) is 0 Å². The van der Waals surface area contributed by atoms with Gasteiger partial charge in [-0.2, -0.15) is 0 Å². The largest absolute Gasteiger partial charge is 0.379 e. The van der Waals surface area contributed by atoms with Gasteiger partial charge < -0.3 is 10.1 Å². The Bertz CT molecular complexity index is 538. The predicted molar refractivity (Wildman–Crippen MR) is 84.4 cm³/mol. The molecule has 1 aliphatic heterocycles. The van der Waals surface area contributed by atoms with Gasteiger partial charge in [0.15, 0.2) is 0 Å². The molecular formula is C16H21NOS. The summed E-state index contributed by atoms with van der Waals surface area (Å²) in [5.41, 5.74) is 2.64. The highest BCUT2D eigenvalue weighted by molar-refractivity contribution is 7.80. The van der Waals surface area contributed by atoms with E-state index in [4.69, 9.17) is 4.74 Å². The minimum atomic E-state index is 0.889. The van der Waals surface area contributed by atoms with Gasteiger partial charge in [-0.05, 0) is 42.3 Å². The van der Waals surface area contributed by atoms with Crippen LogP contribution < -0.4 is 5.32 Å². The third-order valence-corrected chi connectivity index (χ3v) is 3.41. The van der Waals surface area contributed by atoms with Crippen LogP contribution in [0.15, 0.2) is 35.2 Å². The zero-order valence-corrected chi connectivity index (χ0v) is 12.5. The minimum absolute atomic E-state index is 0.889. The number of aryl methyl sites for hydroxylation is 2. The number of fused-ring (bicyclic) bond motifs is 1. The molecule has 0 spiro atoms. The summed E-state index contributed by atoms with van der Waals surface area (Å²) in [6.45, 7) is 8.10. The van der Waals surface area contributed by atoms with Crippen molar-refractivity contribution in [3.8, 4) is 0 Å². The number of nitrogens with one attached hydrogen (secondary N) is 1. The smallest absolute Gasteiger partial charge is 0.0591 e.